The topological polar surface area (TPSA) is 50.2 Å². The van der Waals surface area contributed by atoms with Crippen LogP contribution in [0.15, 0.2) is 29.4 Å². The first-order valence-electron chi connectivity index (χ1n) is 4.00. The molecular weight excluding hydrogens is 186 g/mol. The SMILES string of the molecule is CC(C)(O)CS(=O)c1cccnc1. The molecule has 0 aromatic carbocycles. The molecule has 0 bridgehead atoms. The molecule has 0 saturated heterocycles. The van der Waals surface area contributed by atoms with Crippen LogP contribution in [-0.2, 0) is 10.8 Å². The number of nitrogens with zero attached hydrogens (tertiary/aromatic N) is 1. The van der Waals surface area contributed by atoms with Crippen molar-refractivity contribution >= 4 is 10.8 Å². The second-order valence-corrected chi connectivity index (χ2v) is 4.94. The molecule has 1 rings (SSSR count). The fraction of sp³-hybridized carbons (Fsp3) is 0.444. The Labute approximate surface area is 80.3 Å². The lowest BCUT2D eigenvalue weighted by Gasteiger charge is -2.15. The number of hydrogen-bond acceptors (Lipinski definition) is 3. The van der Waals surface area contributed by atoms with E-state index in [0.29, 0.717) is 4.90 Å². The first-order valence-corrected chi connectivity index (χ1v) is 5.32. The van der Waals surface area contributed by atoms with Crippen LogP contribution in [0.2, 0.25) is 0 Å². The van der Waals surface area contributed by atoms with E-state index in [-0.39, 0.29) is 5.75 Å². The zero-order chi connectivity index (χ0) is 9.90. The molecule has 1 unspecified atom stereocenters. The Hall–Kier alpha value is -0.740. The molecule has 3 nitrogen and oxygen atoms in total. The number of rotatable bonds is 3. The van der Waals surface area contributed by atoms with Crippen molar-refractivity contribution in [3.8, 4) is 0 Å². The van der Waals surface area contributed by atoms with Crippen molar-refractivity contribution in [3.05, 3.63) is 24.5 Å². The summed E-state index contributed by atoms with van der Waals surface area (Å²) in [7, 11) is -1.17. The Balaban J connectivity index is 2.71. The van der Waals surface area contributed by atoms with Gasteiger partial charge in [-0.1, -0.05) is 0 Å². The molecule has 0 aliphatic heterocycles. The highest BCUT2D eigenvalue weighted by molar-refractivity contribution is 7.85. The van der Waals surface area contributed by atoms with E-state index in [0.717, 1.165) is 0 Å². The van der Waals surface area contributed by atoms with Crippen molar-refractivity contribution in [2.24, 2.45) is 0 Å². The Morgan fingerprint density at radius 1 is 1.62 bits per heavy atom. The van der Waals surface area contributed by atoms with Gasteiger partial charge >= 0.3 is 0 Å². The Morgan fingerprint density at radius 3 is 2.77 bits per heavy atom. The van der Waals surface area contributed by atoms with E-state index >= 15 is 0 Å². The van der Waals surface area contributed by atoms with Gasteiger partial charge in [0, 0.05) is 12.4 Å². The van der Waals surface area contributed by atoms with Crippen LogP contribution in [0.5, 0.6) is 0 Å². The highest BCUT2D eigenvalue weighted by Crippen LogP contribution is 2.10. The molecule has 1 aromatic heterocycles. The van der Waals surface area contributed by atoms with E-state index in [4.69, 9.17) is 0 Å². The summed E-state index contributed by atoms with van der Waals surface area (Å²) in [6, 6.07) is 3.48. The fourth-order valence-electron chi connectivity index (χ4n) is 0.886. The largest absolute Gasteiger partial charge is 0.389 e. The van der Waals surface area contributed by atoms with Gasteiger partial charge in [-0.15, -0.1) is 0 Å². The summed E-state index contributed by atoms with van der Waals surface area (Å²) in [4.78, 5) is 4.52. The van der Waals surface area contributed by atoms with Gasteiger partial charge in [-0.3, -0.25) is 9.19 Å². The molecule has 1 N–H and O–H groups in total. The van der Waals surface area contributed by atoms with Crippen LogP contribution in [0, 0.1) is 0 Å². The first-order chi connectivity index (χ1) is 5.99. The predicted octanol–water partition coefficient (Wildman–Crippen LogP) is 0.960. The van der Waals surface area contributed by atoms with Gasteiger partial charge in [-0.25, -0.2) is 0 Å². The lowest BCUT2D eigenvalue weighted by Crippen LogP contribution is -2.27. The Bertz CT molecular complexity index is 292. The molecule has 0 aliphatic carbocycles. The van der Waals surface area contributed by atoms with Gasteiger partial charge in [-0.2, -0.15) is 0 Å². The smallest absolute Gasteiger partial charge is 0.0710 e. The minimum Gasteiger partial charge on any atom is -0.389 e. The van der Waals surface area contributed by atoms with Gasteiger partial charge in [0.15, 0.2) is 0 Å². The molecule has 1 atom stereocenters. The van der Waals surface area contributed by atoms with Gasteiger partial charge in [0.25, 0.3) is 0 Å². The number of hydrogen-bond donors (Lipinski definition) is 1. The van der Waals surface area contributed by atoms with Crippen LogP contribution in [0.1, 0.15) is 13.8 Å². The van der Waals surface area contributed by atoms with Crippen LogP contribution < -0.4 is 0 Å². The van der Waals surface area contributed by atoms with Gasteiger partial charge < -0.3 is 5.11 Å². The second kappa shape index (κ2) is 3.98. The highest BCUT2D eigenvalue weighted by atomic mass is 32.2. The fourth-order valence-corrected chi connectivity index (χ4v) is 2.10. The van der Waals surface area contributed by atoms with Crippen LogP contribution in [0.3, 0.4) is 0 Å². The summed E-state index contributed by atoms with van der Waals surface area (Å²) in [5.41, 5.74) is -0.902. The normalized spacial score (nSPS) is 14.1. The molecule has 1 aromatic rings. The third kappa shape index (κ3) is 3.65. The van der Waals surface area contributed by atoms with Crippen LogP contribution in [0.25, 0.3) is 0 Å². The van der Waals surface area contributed by atoms with Gasteiger partial charge in [0.2, 0.25) is 0 Å². The second-order valence-electron chi connectivity index (χ2n) is 3.49. The van der Waals surface area contributed by atoms with Crippen LogP contribution >= 0.6 is 0 Å². The molecular formula is C9H13NO2S. The average Bonchev–Trinajstić information content (AvgIpc) is 2.03. The number of aromatic nitrogens is 1. The lowest BCUT2D eigenvalue weighted by atomic mass is 10.2. The van der Waals surface area contributed by atoms with Gasteiger partial charge in [-0.05, 0) is 26.0 Å². The minimum atomic E-state index is -1.17. The molecule has 1 heterocycles. The van der Waals surface area contributed by atoms with Gasteiger partial charge in [0.05, 0.1) is 27.0 Å². The summed E-state index contributed by atoms with van der Waals surface area (Å²) in [5.74, 6) is 0.235. The third-order valence-electron chi connectivity index (χ3n) is 1.38. The molecule has 72 valence electrons. The summed E-state index contributed by atoms with van der Waals surface area (Å²) < 4.78 is 11.6. The van der Waals surface area contributed by atoms with Crippen molar-refractivity contribution in [2.45, 2.75) is 24.3 Å². The maximum absolute atomic E-state index is 11.6. The zero-order valence-corrected chi connectivity index (χ0v) is 8.54. The predicted molar refractivity (Wildman–Crippen MR) is 51.8 cm³/mol. The molecule has 0 radical (unpaired) electrons. The first kappa shape index (κ1) is 10.3. The highest BCUT2D eigenvalue weighted by Gasteiger charge is 2.17. The van der Waals surface area contributed by atoms with E-state index in [2.05, 4.69) is 4.98 Å². The third-order valence-corrected chi connectivity index (χ3v) is 3.12. The van der Waals surface area contributed by atoms with Gasteiger partial charge in [0.1, 0.15) is 0 Å². The zero-order valence-electron chi connectivity index (χ0n) is 7.73. The van der Waals surface area contributed by atoms with Crippen molar-refractivity contribution in [1.29, 1.82) is 0 Å². The minimum absolute atomic E-state index is 0.235. The van der Waals surface area contributed by atoms with Crippen LogP contribution in [-0.4, -0.2) is 25.7 Å². The van der Waals surface area contributed by atoms with E-state index in [1.54, 1.807) is 38.4 Å². The van der Waals surface area contributed by atoms with Crippen molar-refractivity contribution in [3.63, 3.8) is 0 Å². The Kier molecular flexibility index (Phi) is 3.17. The van der Waals surface area contributed by atoms with Crippen molar-refractivity contribution in [1.82, 2.24) is 4.98 Å². The molecule has 4 heteroatoms. The van der Waals surface area contributed by atoms with E-state index in [1.165, 1.54) is 0 Å². The number of pyridine rings is 1. The van der Waals surface area contributed by atoms with E-state index in [1.807, 2.05) is 0 Å². The molecule has 0 fully saturated rings. The molecule has 0 saturated carbocycles. The maximum Gasteiger partial charge on any atom is 0.0710 e. The quantitative estimate of drug-likeness (QED) is 0.789. The standard InChI is InChI=1S/C9H13NO2S/c1-9(2,11)7-13(12)8-4-3-5-10-6-8/h3-6,11H,7H2,1-2H3. The lowest BCUT2D eigenvalue weighted by molar-refractivity contribution is 0.106. The van der Waals surface area contributed by atoms with E-state index in [9.17, 15) is 9.32 Å². The molecule has 13 heavy (non-hydrogen) atoms. The van der Waals surface area contributed by atoms with Crippen molar-refractivity contribution < 1.29 is 9.32 Å². The summed E-state index contributed by atoms with van der Waals surface area (Å²) in [6.07, 6.45) is 3.19. The summed E-state index contributed by atoms with van der Waals surface area (Å²) in [6.45, 7) is 3.28. The molecule has 0 spiro atoms. The van der Waals surface area contributed by atoms with Crippen molar-refractivity contribution in [2.75, 3.05) is 5.75 Å². The summed E-state index contributed by atoms with van der Waals surface area (Å²) >= 11 is 0. The van der Waals surface area contributed by atoms with Crippen LogP contribution in [0.4, 0.5) is 0 Å². The molecule has 0 amide bonds. The Morgan fingerprint density at radius 2 is 2.31 bits per heavy atom. The molecule has 0 aliphatic rings. The maximum atomic E-state index is 11.6. The number of aliphatic hydroxyl groups is 1. The summed E-state index contributed by atoms with van der Waals surface area (Å²) in [5, 5.41) is 9.44. The monoisotopic (exact) mass is 199 g/mol. The average molecular weight is 199 g/mol. The van der Waals surface area contributed by atoms with E-state index < -0.39 is 16.4 Å².